The van der Waals surface area contributed by atoms with Gasteiger partial charge in [0.15, 0.2) is 0 Å². The molecule has 1 aromatic rings. The number of benzene rings is 1. The lowest BCUT2D eigenvalue weighted by Gasteiger charge is -2.58. The summed E-state index contributed by atoms with van der Waals surface area (Å²) in [6.45, 7) is 3.06. The summed E-state index contributed by atoms with van der Waals surface area (Å²) in [4.78, 5) is 24.2. The number of sulfonamides is 1. The van der Waals surface area contributed by atoms with Crippen LogP contribution in [0.1, 0.15) is 52.4 Å². The second-order valence-electron chi connectivity index (χ2n) is 10.4. The molecule has 10 heteroatoms. The van der Waals surface area contributed by atoms with Gasteiger partial charge in [0.05, 0.1) is 0 Å². The van der Waals surface area contributed by atoms with Crippen LogP contribution in [0.15, 0.2) is 23.1 Å². The van der Waals surface area contributed by atoms with Crippen molar-refractivity contribution in [2.24, 2.45) is 28.9 Å². The lowest BCUT2D eigenvalue weighted by atomic mass is 9.47. The fraction of sp³-hybridized carbons (Fsp3) is 0.636. The van der Waals surface area contributed by atoms with E-state index in [1.807, 2.05) is 0 Å². The van der Waals surface area contributed by atoms with E-state index in [1.165, 1.54) is 13.8 Å². The maximum absolute atomic E-state index is 14.0. The van der Waals surface area contributed by atoms with Crippen LogP contribution in [-0.2, 0) is 19.6 Å². The maximum Gasteiger partial charge on any atom is 0.243 e. The van der Waals surface area contributed by atoms with Gasteiger partial charge < -0.3 is 11.1 Å². The molecule has 0 heterocycles. The van der Waals surface area contributed by atoms with Gasteiger partial charge >= 0.3 is 0 Å². The summed E-state index contributed by atoms with van der Waals surface area (Å²) >= 11 is 0. The maximum atomic E-state index is 14.0. The van der Waals surface area contributed by atoms with Crippen LogP contribution in [0.25, 0.3) is 0 Å². The summed E-state index contributed by atoms with van der Waals surface area (Å²) in [5.74, 6) is -1.81. The van der Waals surface area contributed by atoms with E-state index in [0.717, 1.165) is 31.4 Å². The molecular weight excluding hydrogens is 440 g/mol. The monoisotopic (exact) mass is 469 g/mol. The minimum Gasteiger partial charge on any atom is -0.369 e. The summed E-state index contributed by atoms with van der Waals surface area (Å²) in [5, 5.41) is 3.07. The Morgan fingerprint density at radius 3 is 2.34 bits per heavy atom. The summed E-state index contributed by atoms with van der Waals surface area (Å²) in [6, 6.07) is 2.16. The molecule has 2 unspecified atom stereocenters. The zero-order valence-electron chi connectivity index (χ0n) is 18.2. The molecule has 4 saturated carbocycles. The molecule has 4 bridgehead atoms. The highest BCUT2D eigenvalue weighted by atomic mass is 32.2. The molecule has 7 nitrogen and oxygen atoms in total. The van der Waals surface area contributed by atoms with Crippen LogP contribution in [0.4, 0.5) is 8.78 Å². The third kappa shape index (κ3) is 4.26. The van der Waals surface area contributed by atoms with Gasteiger partial charge in [-0.1, -0.05) is 0 Å². The highest BCUT2D eigenvalue weighted by Crippen LogP contribution is 2.59. The smallest absolute Gasteiger partial charge is 0.243 e. The van der Waals surface area contributed by atoms with E-state index >= 15 is 0 Å². The molecule has 4 N–H and O–H groups in total. The number of amides is 2. The molecule has 0 radical (unpaired) electrons. The van der Waals surface area contributed by atoms with E-state index in [9.17, 15) is 26.8 Å². The van der Waals surface area contributed by atoms with E-state index in [2.05, 4.69) is 10.0 Å². The van der Waals surface area contributed by atoms with Crippen molar-refractivity contribution < 1.29 is 26.8 Å². The van der Waals surface area contributed by atoms with Crippen LogP contribution < -0.4 is 15.8 Å². The zero-order chi connectivity index (χ0) is 23.5. The molecule has 1 aromatic carbocycles. The fourth-order valence-electron chi connectivity index (χ4n) is 6.35. The van der Waals surface area contributed by atoms with Crippen molar-refractivity contribution in [1.29, 1.82) is 0 Å². The molecule has 0 saturated heterocycles. The summed E-state index contributed by atoms with van der Waals surface area (Å²) < 4.78 is 54.7. The van der Waals surface area contributed by atoms with Gasteiger partial charge in [-0.05, 0) is 75.8 Å². The first kappa shape index (κ1) is 23.1. The van der Waals surface area contributed by atoms with Crippen LogP contribution in [-0.4, -0.2) is 31.8 Å². The molecule has 0 spiro atoms. The predicted molar refractivity (Wildman–Crippen MR) is 112 cm³/mol. The van der Waals surface area contributed by atoms with Gasteiger partial charge in [0.2, 0.25) is 21.8 Å². The summed E-state index contributed by atoms with van der Waals surface area (Å²) in [7, 11) is -4.30. The van der Waals surface area contributed by atoms with Crippen LogP contribution in [0.5, 0.6) is 0 Å². The quantitative estimate of drug-likeness (QED) is 0.567. The number of halogens is 2. The van der Waals surface area contributed by atoms with E-state index < -0.39 is 37.5 Å². The Hall–Kier alpha value is -2.07. The minimum atomic E-state index is -4.30. The number of hydrogen-bond acceptors (Lipinski definition) is 4. The van der Waals surface area contributed by atoms with Gasteiger partial charge in [-0.15, -0.1) is 0 Å². The van der Waals surface area contributed by atoms with Crippen molar-refractivity contribution >= 4 is 21.8 Å². The highest BCUT2D eigenvalue weighted by molar-refractivity contribution is 7.89. The first-order chi connectivity index (χ1) is 14.8. The van der Waals surface area contributed by atoms with E-state index in [0.29, 0.717) is 24.8 Å². The van der Waals surface area contributed by atoms with Gasteiger partial charge in [0.1, 0.15) is 16.5 Å². The van der Waals surface area contributed by atoms with Gasteiger partial charge in [-0.25, -0.2) is 21.9 Å². The molecule has 4 aliphatic rings. The number of primary amides is 1. The first-order valence-electron chi connectivity index (χ1n) is 10.9. The Bertz CT molecular complexity index is 1040. The molecule has 4 aliphatic carbocycles. The zero-order valence-corrected chi connectivity index (χ0v) is 19.0. The molecule has 176 valence electrons. The Kier molecular flexibility index (Phi) is 5.60. The van der Waals surface area contributed by atoms with Crippen molar-refractivity contribution in [3.63, 3.8) is 0 Å². The van der Waals surface area contributed by atoms with E-state index in [-0.39, 0.29) is 36.1 Å². The van der Waals surface area contributed by atoms with Crippen molar-refractivity contribution in [2.75, 3.05) is 0 Å². The molecular formula is C22H29F2N3O4S. The summed E-state index contributed by atoms with van der Waals surface area (Å²) in [6.07, 6.45) is 3.95. The third-order valence-electron chi connectivity index (χ3n) is 7.32. The number of carbonyl (C=O) groups is 2. The molecule has 2 amide bonds. The molecule has 5 rings (SSSR count). The van der Waals surface area contributed by atoms with Crippen LogP contribution >= 0.6 is 0 Å². The first-order valence-corrected chi connectivity index (χ1v) is 12.4. The highest BCUT2D eigenvalue weighted by Gasteiger charge is 2.58. The molecule has 32 heavy (non-hydrogen) atoms. The molecule has 4 fully saturated rings. The van der Waals surface area contributed by atoms with Gasteiger partial charge in [-0.2, -0.15) is 0 Å². The standard InChI is InChI=1S/C22H29F2N3O4S/c1-21(2,27-32(30,31)17-4-3-15(23)7-16(17)24)11-18(28)26-19-13-5-12-6-14(19)10-22(8-12,9-13)20(25)29/h3-4,7,12-14,19,27H,5-6,8-11H2,1-2H3,(H2,25,29)(H,26,28). The predicted octanol–water partition coefficient (Wildman–Crippen LogP) is 2.21. The number of hydrogen-bond donors (Lipinski definition) is 3. The fourth-order valence-corrected chi connectivity index (χ4v) is 7.82. The number of carbonyl (C=O) groups excluding carboxylic acids is 2. The van der Waals surface area contributed by atoms with Crippen LogP contribution in [0.2, 0.25) is 0 Å². The Balaban J connectivity index is 1.41. The summed E-state index contributed by atoms with van der Waals surface area (Å²) in [5.41, 5.74) is 4.05. The van der Waals surface area contributed by atoms with Crippen LogP contribution in [0, 0.1) is 34.8 Å². The van der Waals surface area contributed by atoms with Gasteiger partial charge in [0.25, 0.3) is 0 Å². The normalized spacial score (nSPS) is 31.5. The van der Waals surface area contributed by atoms with E-state index in [1.54, 1.807) is 0 Å². The molecule has 0 aromatic heterocycles. The van der Waals surface area contributed by atoms with Crippen molar-refractivity contribution in [3.05, 3.63) is 29.8 Å². The average Bonchev–Trinajstić information content (AvgIpc) is 2.62. The number of rotatable bonds is 7. The third-order valence-corrected chi connectivity index (χ3v) is 9.05. The Morgan fingerprint density at radius 1 is 1.16 bits per heavy atom. The van der Waals surface area contributed by atoms with Gasteiger partial charge in [-0.3, -0.25) is 9.59 Å². The lowest BCUT2D eigenvalue weighted by molar-refractivity contribution is -0.147. The number of nitrogens with one attached hydrogen (secondary N) is 2. The van der Waals surface area contributed by atoms with Crippen molar-refractivity contribution in [1.82, 2.24) is 10.0 Å². The molecule has 2 atom stereocenters. The van der Waals surface area contributed by atoms with Crippen molar-refractivity contribution in [3.8, 4) is 0 Å². The minimum absolute atomic E-state index is 0.0616. The van der Waals surface area contributed by atoms with Crippen molar-refractivity contribution in [2.45, 2.75) is 68.8 Å². The second-order valence-corrected chi connectivity index (χ2v) is 12.1. The lowest BCUT2D eigenvalue weighted by Crippen LogP contribution is -2.62. The topological polar surface area (TPSA) is 118 Å². The largest absolute Gasteiger partial charge is 0.369 e. The Labute approximate surface area is 186 Å². The number of nitrogens with two attached hydrogens (primary N) is 1. The Morgan fingerprint density at radius 2 is 1.78 bits per heavy atom. The van der Waals surface area contributed by atoms with Crippen LogP contribution in [0.3, 0.4) is 0 Å². The van der Waals surface area contributed by atoms with E-state index in [4.69, 9.17) is 5.73 Å². The second kappa shape index (κ2) is 7.76. The SMILES string of the molecule is CC(C)(CC(=O)NC1C2CC3CC1CC(C(N)=O)(C3)C2)NS(=O)(=O)c1ccc(F)cc1F. The van der Waals surface area contributed by atoms with Gasteiger partial charge in [0, 0.05) is 29.5 Å². The molecule has 0 aliphatic heterocycles. The average molecular weight is 470 g/mol.